The van der Waals surface area contributed by atoms with Crippen LogP contribution in [0.15, 0.2) is 69.6 Å². The lowest BCUT2D eigenvalue weighted by Gasteiger charge is -2.60. The second kappa shape index (κ2) is 13.3. The molecule has 0 fully saturated rings. The van der Waals surface area contributed by atoms with Crippen LogP contribution < -0.4 is 0 Å². The number of nitrogens with zero attached hydrogens (tertiary/aromatic N) is 4. The maximum Gasteiger partial charge on any atom is 0.172 e. The second-order valence-corrected chi connectivity index (χ2v) is 28.7. The first-order valence-corrected chi connectivity index (χ1v) is 22.9. The van der Waals surface area contributed by atoms with E-state index >= 15 is 0 Å². The van der Waals surface area contributed by atoms with E-state index in [-0.39, 0.29) is 40.2 Å². The van der Waals surface area contributed by atoms with Crippen LogP contribution in [0.4, 0.5) is 0 Å². The maximum atomic E-state index is 10.3. The van der Waals surface area contributed by atoms with Gasteiger partial charge in [-0.15, -0.1) is 0 Å². The van der Waals surface area contributed by atoms with E-state index in [1.165, 1.54) is 0 Å². The fourth-order valence-electron chi connectivity index (χ4n) is 7.11. The van der Waals surface area contributed by atoms with E-state index in [2.05, 4.69) is 86.0 Å². The van der Waals surface area contributed by atoms with Gasteiger partial charge in [-0.25, -0.2) is 0 Å². The molecular formula is C38H56N4O5Si2. The third-order valence-electron chi connectivity index (χ3n) is 11.5. The van der Waals surface area contributed by atoms with Gasteiger partial charge in [0.25, 0.3) is 0 Å². The highest BCUT2D eigenvalue weighted by atomic mass is 28.4. The smallest absolute Gasteiger partial charge is 0.172 e. The van der Waals surface area contributed by atoms with Gasteiger partial charge >= 0.3 is 0 Å². The molecule has 3 heterocycles. The molecule has 0 aromatic rings. The largest absolute Gasteiger partial charge is 0.490 e. The number of hydrogen-bond donors (Lipinski definition) is 2. The molecule has 3 aliphatic rings. The molecule has 3 rings (SSSR count). The van der Waals surface area contributed by atoms with Gasteiger partial charge in [-0.1, -0.05) is 67.7 Å². The SMILES string of the molecule is CC1(C)OC(=CC2=CC(=CC3=C(C#N)C(=C(C#N)C#N)OC3(C)C)OC2([Si](C)(C)C(C)(C)C)[Si](C)(C)C(C)(C)C)C=C1N(CCO)CCO. The summed E-state index contributed by atoms with van der Waals surface area (Å²) in [6.07, 6.45) is 8.04. The molecule has 0 aromatic heterocycles. The van der Waals surface area contributed by atoms with Crippen molar-refractivity contribution in [1.29, 1.82) is 15.8 Å². The van der Waals surface area contributed by atoms with Crippen molar-refractivity contribution >= 4 is 16.1 Å². The molecular weight excluding hydrogens is 649 g/mol. The standard InChI is InChI=1S/C38H56N4O5Si2/c1-34(2,3)48(11,12)38(49(13,14)35(4,5)6)27(20-29-22-32(37(9,10)45-29)42(15-17-43)16-18-44)19-28(46-38)21-31-30(25-41)33(26(23-39)24-40)47-36(31,7)8/h19-22,43-44H,15-18H2,1-14H3. The Morgan fingerprint density at radius 3 is 1.69 bits per heavy atom. The van der Waals surface area contributed by atoms with Crippen LogP contribution in [0.2, 0.25) is 36.3 Å². The maximum absolute atomic E-state index is 10.3. The summed E-state index contributed by atoms with van der Waals surface area (Å²) in [7, 11) is -4.96. The number of rotatable bonds is 9. The highest BCUT2D eigenvalue weighted by molar-refractivity contribution is 7.02. The van der Waals surface area contributed by atoms with E-state index in [1.807, 2.05) is 56.9 Å². The van der Waals surface area contributed by atoms with Crippen molar-refractivity contribution in [1.82, 2.24) is 4.90 Å². The first kappa shape index (κ1) is 39.9. The van der Waals surface area contributed by atoms with Gasteiger partial charge in [-0.05, 0) is 61.6 Å². The van der Waals surface area contributed by atoms with Gasteiger partial charge in [0, 0.05) is 24.7 Å². The van der Waals surface area contributed by atoms with Crippen LogP contribution in [0, 0.1) is 34.0 Å². The van der Waals surface area contributed by atoms with Gasteiger partial charge in [0.15, 0.2) is 11.3 Å². The summed E-state index contributed by atoms with van der Waals surface area (Å²) < 4.78 is 20.2. The van der Waals surface area contributed by atoms with Crippen molar-refractivity contribution < 1.29 is 24.4 Å². The molecule has 0 amide bonds. The summed E-state index contributed by atoms with van der Waals surface area (Å²) in [5.41, 5.74) is 0.621. The molecule has 3 aliphatic heterocycles. The van der Waals surface area contributed by atoms with Crippen LogP contribution >= 0.6 is 0 Å². The molecule has 49 heavy (non-hydrogen) atoms. The van der Waals surface area contributed by atoms with Crippen LogP contribution in [0.3, 0.4) is 0 Å². The van der Waals surface area contributed by atoms with Crippen molar-refractivity contribution in [2.24, 2.45) is 0 Å². The Bertz CT molecular complexity index is 1630. The van der Waals surface area contributed by atoms with Crippen LogP contribution in [-0.4, -0.2) is 73.6 Å². The van der Waals surface area contributed by atoms with Gasteiger partial charge in [0.05, 0.1) is 18.9 Å². The highest BCUT2D eigenvalue weighted by Crippen LogP contribution is 2.60. The summed E-state index contributed by atoms with van der Waals surface area (Å²) >= 11 is 0. The van der Waals surface area contributed by atoms with E-state index in [9.17, 15) is 26.0 Å². The van der Waals surface area contributed by atoms with E-state index in [0.717, 1.165) is 11.3 Å². The molecule has 0 radical (unpaired) electrons. The highest BCUT2D eigenvalue weighted by Gasteiger charge is 2.69. The minimum Gasteiger partial charge on any atom is -0.490 e. The van der Waals surface area contributed by atoms with E-state index < -0.39 is 32.2 Å². The molecule has 0 saturated carbocycles. The van der Waals surface area contributed by atoms with Crippen molar-refractivity contribution in [2.45, 2.75) is 122 Å². The summed E-state index contributed by atoms with van der Waals surface area (Å²) in [5.74, 6) is 1.24. The number of ether oxygens (including phenoxy) is 3. The summed E-state index contributed by atoms with van der Waals surface area (Å²) in [6, 6.07) is 5.95. The summed E-state index contributed by atoms with van der Waals surface area (Å²) in [4.78, 5) is 1.29. The molecule has 0 bridgehead atoms. The Morgan fingerprint density at radius 1 is 0.776 bits per heavy atom. The Labute approximate surface area is 296 Å². The quantitative estimate of drug-likeness (QED) is 0.185. The molecule has 0 spiro atoms. The minimum absolute atomic E-state index is 0.0108. The Kier molecular flexibility index (Phi) is 10.8. The Morgan fingerprint density at radius 2 is 1.27 bits per heavy atom. The molecule has 0 aliphatic carbocycles. The zero-order valence-corrected chi connectivity index (χ0v) is 34.0. The fourth-order valence-corrected chi connectivity index (χ4v) is 20.2. The topological polar surface area (TPSA) is 143 Å². The average Bonchev–Trinajstić information content (AvgIpc) is 3.56. The zero-order valence-electron chi connectivity index (χ0n) is 32.0. The number of hydrogen-bond acceptors (Lipinski definition) is 9. The average molecular weight is 705 g/mol. The predicted molar refractivity (Wildman–Crippen MR) is 198 cm³/mol. The van der Waals surface area contributed by atoms with Crippen LogP contribution in [-0.2, 0) is 14.2 Å². The van der Waals surface area contributed by atoms with Crippen molar-refractivity contribution in [3.05, 3.63) is 69.6 Å². The molecule has 0 aromatic carbocycles. The monoisotopic (exact) mass is 704 g/mol. The Hall–Kier alpha value is -3.54. The van der Waals surface area contributed by atoms with E-state index in [0.29, 0.717) is 30.2 Å². The zero-order chi connectivity index (χ0) is 37.6. The van der Waals surface area contributed by atoms with Gasteiger partial charge in [-0.2, -0.15) is 15.8 Å². The van der Waals surface area contributed by atoms with Crippen LogP contribution in [0.1, 0.15) is 69.2 Å². The van der Waals surface area contributed by atoms with Crippen molar-refractivity contribution in [3.8, 4) is 18.2 Å². The van der Waals surface area contributed by atoms with E-state index in [1.54, 1.807) is 0 Å². The minimum atomic E-state index is -2.48. The van der Waals surface area contributed by atoms with Crippen molar-refractivity contribution in [2.75, 3.05) is 26.3 Å². The lowest BCUT2D eigenvalue weighted by molar-refractivity contribution is 0.0603. The number of nitriles is 3. The van der Waals surface area contributed by atoms with E-state index in [4.69, 9.17) is 14.2 Å². The lowest BCUT2D eigenvalue weighted by Crippen LogP contribution is -2.75. The molecule has 0 atom stereocenters. The number of aliphatic hydroxyl groups excluding tert-OH is 2. The summed E-state index contributed by atoms with van der Waals surface area (Å²) in [6.45, 7) is 31.6. The summed E-state index contributed by atoms with van der Waals surface area (Å²) in [5, 5.41) is 48.9. The van der Waals surface area contributed by atoms with Crippen LogP contribution in [0.25, 0.3) is 0 Å². The first-order valence-electron chi connectivity index (χ1n) is 16.9. The van der Waals surface area contributed by atoms with Gasteiger partial charge < -0.3 is 29.3 Å². The predicted octanol–water partition coefficient (Wildman–Crippen LogP) is 7.45. The van der Waals surface area contributed by atoms with Crippen LogP contribution in [0.5, 0.6) is 0 Å². The first-order chi connectivity index (χ1) is 22.3. The molecule has 266 valence electrons. The van der Waals surface area contributed by atoms with Crippen molar-refractivity contribution in [3.63, 3.8) is 0 Å². The lowest BCUT2D eigenvalue weighted by atomic mass is 9.94. The Balaban J connectivity index is 2.49. The third kappa shape index (κ3) is 6.69. The van der Waals surface area contributed by atoms with Gasteiger partial charge in [0.2, 0.25) is 0 Å². The number of aliphatic hydroxyl groups is 2. The fraction of sp³-hybridized carbons (Fsp3) is 0.605. The molecule has 9 nitrogen and oxygen atoms in total. The normalized spacial score (nSPS) is 21.7. The molecule has 11 heteroatoms. The third-order valence-corrected chi connectivity index (χ3v) is 27.0. The molecule has 0 saturated heterocycles. The van der Waals surface area contributed by atoms with Gasteiger partial charge in [-0.3, -0.25) is 0 Å². The molecule has 0 unspecified atom stereocenters. The van der Waals surface area contributed by atoms with Gasteiger partial charge in [0.1, 0.15) is 67.5 Å². The second-order valence-electron chi connectivity index (χ2n) is 17.2. The number of allylic oxidation sites excluding steroid dienone is 4. The molecule has 2 N–H and O–H groups in total.